The van der Waals surface area contributed by atoms with Crippen molar-refractivity contribution < 1.29 is 43.4 Å². The van der Waals surface area contributed by atoms with Gasteiger partial charge in [0.2, 0.25) is 28.8 Å². The Morgan fingerprint density at radius 2 is 0.775 bits per heavy atom. The fourth-order valence-electron chi connectivity index (χ4n) is 3.71. The first-order chi connectivity index (χ1) is 19.4. The number of carbonyl (C=O) groups excluding carboxylic acids is 1. The van der Waals surface area contributed by atoms with Crippen molar-refractivity contribution >= 4 is 5.78 Å². The van der Waals surface area contributed by atoms with Crippen LogP contribution in [0.1, 0.15) is 96.0 Å². The average Bonchev–Trinajstić information content (AvgIpc) is 2.96. The first-order valence-electron chi connectivity index (χ1n) is 14.5. The highest BCUT2D eigenvalue weighted by Gasteiger charge is 2.31. The van der Waals surface area contributed by atoms with Gasteiger partial charge in [-0.05, 0) is 50.7 Å². The summed E-state index contributed by atoms with van der Waals surface area (Å²) in [6.45, 7) is 13.5. The minimum atomic E-state index is -0.484. The van der Waals surface area contributed by atoms with Crippen molar-refractivity contribution in [3.63, 3.8) is 0 Å². The van der Waals surface area contributed by atoms with Crippen LogP contribution in [-0.4, -0.2) is 55.6 Å². The number of aromatic hydroxyl groups is 2. The lowest BCUT2D eigenvalue weighted by molar-refractivity contribution is 0.102. The molecule has 2 N–H and O–H groups in total. The second kappa shape index (κ2) is 17.3. The molecule has 0 saturated heterocycles. The van der Waals surface area contributed by atoms with Gasteiger partial charge in [-0.3, -0.25) is 4.79 Å². The largest absolute Gasteiger partial charge is 0.502 e. The maximum atomic E-state index is 14.4. The molecule has 9 nitrogen and oxygen atoms in total. The van der Waals surface area contributed by atoms with E-state index in [2.05, 4.69) is 0 Å². The lowest BCUT2D eigenvalue weighted by Crippen LogP contribution is -2.13. The van der Waals surface area contributed by atoms with E-state index in [0.29, 0.717) is 78.2 Å². The third kappa shape index (κ3) is 8.26. The number of phenolic OH excluding ortho intramolecular Hbond substituents is 2. The Labute approximate surface area is 238 Å². The van der Waals surface area contributed by atoms with Crippen molar-refractivity contribution in [3.8, 4) is 46.0 Å². The highest BCUT2D eigenvalue weighted by atomic mass is 16.5. The van der Waals surface area contributed by atoms with E-state index in [0.717, 1.165) is 0 Å². The Bertz CT molecular complexity index is 998. The Morgan fingerprint density at radius 1 is 0.500 bits per heavy atom. The van der Waals surface area contributed by atoms with Crippen LogP contribution in [0.5, 0.6) is 46.0 Å². The predicted octanol–water partition coefficient (Wildman–Crippen LogP) is 7.06. The minimum Gasteiger partial charge on any atom is -0.502 e. The smallest absolute Gasteiger partial charge is 0.208 e. The second-order valence-electron chi connectivity index (χ2n) is 9.28. The highest BCUT2D eigenvalue weighted by molar-refractivity contribution is 6.14. The van der Waals surface area contributed by atoms with Gasteiger partial charge < -0.3 is 38.6 Å². The number of hydrogen-bond donors (Lipinski definition) is 2. The normalized spacial score (nSPS) is 10.8. The summed E-state index contributed by atoms with van der Waals surface area (Å²) in [5, 5.41) is 22.1. The van der Waals surface area contributed by atoms with Crippen molar-refractivity contribution in [2.45, 2.75) is 80.1 Å². The van der Waals surface area contributed by atoms with Gasteiger partial charge in [-0.1, -0.05) is 41.5 Å². The van der Waals surface area contributed by atoms with Gasteiger partial charge in [-0.15, -0.1) is 0 Å². The fraction of sp³-hybridized carbons (Fsp3) is 0.581. The molecule has 0 unspecified atom stereocenters. The van der Waals surface area contributed by atoms with E-state index < -0.39 is 5.78 Å². The number of phenols is 2. The summed E-state index contributed by atoms with van der Waals surface area (Å²) in [5.74, 6) is -0.388. The topological polar surface area (TPSA) is 113 Å². The summed E-state index contributed by atoms with van der Waals surface area (Å²) in [5.41, 5.74) is 0.247. The summed E-state index contributed by atoms with van der Waals surface area (Å²) < 4.78 is 35.4. The number of benzene rings is 2. The monoisotopic (exact) mass is 562 g/mol. The van der Waals surface area contributed by atoms with Crippen molar-refractivity contribution in [2.75, 3.05) is 39.6 Å². The van der Waals surface area contributed by atoms with Crippen LogP contribution in [0.4, 0.5) is 0 Å². The number of ether oxygens (including phenoxy) is 6. The summed E-state index contributed by atoms with van der Waals surface area (Å²) in [7, 11) is 0. The zero-order valence-corrected chi connectivity index (χ0v) is 24.9. The summed E-state index contributed by atoms with van der Waals surface area (Å²) >= 11 is 0. The highest BCUT2D eigenvalue weighted by Crippen LogP contribution is 2.50. The van der Waals surface area contributed by atoms with E-state index in [1.807, 2.05) is 41.5 Å². The Hall–Kier alpha value is -3.49. The zero-order valence-electron chi connectivity index (χ0n) is 24.9. The maximum absolute atomic E-state index is 14.4. The van der Waals surface area contributed by atoms with E-state index in [9.17, 15) is 15.0 Å². The van der Waals surface area contributed by atoms with Gasteiger partial charge in [0.1, 0.15) is 0 Å². The van der Waals surface area contributed by atoms with Gasteiger partial charge >= 0.3 is 0 Å². The van der Waals surface area contributed by atoms with Crippen molar-refractivity contribution in [3.05, 3.63) is 23.3 Å². The summed E-state index contributed by atoms with van der Waals surface area (Å²) in [6, 6.07) is 2.93. The first kappa shape index (κ1) is 32.7. The first-order valence-corrected chi connectivity index (χ1v) is 14.5. The number of hydrogen-bond acceptors (Lipinski definition) is 9. The van der Waals surface area contributed by atoms with E-state index in [1.165, 1.54) is 12.1 Å². The molecule has 0 bridgehead atoms. The minimum absolute atomic E-state index is 0.0481. The quantitative estimate of drug-likeness (QED) is 0.164. The van der Waals surface area contributed by atoms with Crippen molar-refractivity contribution in [1.82, 2.24) is 0 Å². The lowest BCUT2D eigenvalue weighted by atomic mass is 9.98. The molecular weight excluding hydrogens is 516 g/mol. The molecule has 0 radical (unpaired) electrons. The van der Waals surface area contributed by atoms with Gasteiger partial charge in [0, 0.05) is 0 Å². The molecule has 0 aromatic heterocycles. The molecule has 0 fully saturated rings. The molecule has 2 aromatic rings. The third-order valence-corrected chi connectivity index (χ3v) is 5.56. The van der Waals surface area contributed by atoms with E-state index in [-0.39, 0.29) is 57.1 Å². The van der Waals surface area contributed by atoms with Crippen LogP contribution in [0, 0.1) is 0 Å². The van der Waals surface area contributed by atoms with Gasteiger partial charge in [0.05, 0.1) is 50.8 Å². The van der Waals surface area contributed by atoms with Gasteiger partial charge in [0.15, 0.2) is 23.0 Å². The molecule has 0 amide bonds. The lowest BCUT2D eigenvalue weighted by Gasteiger charge is -2.22. The fourth-order valence-corrected chi connectivity index (χ4v) is 3.71. The predicted molar refractivity (Wildman–Crippen MR) is 154 cm³/mol. The molecule has 224 valence electrons. The van der Waals surface area contributed by atoms with Crippen LogP contribution >= 0.6 is 0 Å². The maximum Gasteiger partial charge on any atom is 0.208 e. The van der Waals surface area contributed by atoms with Crippen LogP contribution in [-0.2, 0) is 0 Å². The van der Waals surface area contributed by atoms with Crippen molar-refractivity contribution in [2.24, 2.45) is 0 Å². The zero-order chi connectivity index (χ0) is 29.5. The molecular formula is C31H46O9. The standard InChI is InChI=1S/C31H46O9/c1-7-13-35-23-19-21(28(37-15-9-3)30(26(23)33)39-17-11-5)25(32)22-20-24(36-14-8-2)27(34)31(40-18-12-6)29(22)38-16-10-4/h19-20,33-34H,7-18H2,1-6H3. The average molecular weight is 563 g/mol. The van der Waals surface area contributed by atoms with Gasteiger partial charge in [0.25, 0.3) is 0 Å². The molecule has 40 heavy (non-hydrogen) atoms. The van der Waals surface area contributed by atoms with Crippen LogP contribution in [0.15, 0.2) is 12.1 Å². The van der Waals surface area contributed by atoms with Crippen LogP contribution in [0.25, 0.3) is 0 Å². The molecule has 0 aliphatic heterocycles. The Morgan fingerprint density at radius 3 is 1.07 bits per heavy atom. The number of rotatable bonds is 20. The molecule has 9 heteroatoms. The van der Waals surface area contributed by atoms with E-state index >= 15 is 0 Å². The van der Waals surface area contributed by atoms with Gasteiger partial charge in [-0.2, -0.15) is 0 Å². The Balaban J connectivity index is 2.88. The van der Waals surface area contributed by atoms with Gasteiger partial charge in [-0.25, -0.2) is 0 Å². The van der Waals surface area contributed by atoms with Crippen molar-refractivity contribution in [1.29, 1.82) is 0 Å². The Kier molecular flexibility index (Phi) is 14.1. The third-order valence-electron chi connectivity index (χ3n) is 5.56. The molecule has 0 saturated carbocycles. The van der Waals surface area contributed by atoms with E-state index in [4.69, 9.17) is 28.4 Å². The summed E-state index contributed by atoms with van der Waals surface area (Å²) in [6.07, 6.45) is 4.10. The second-order valence-corrected chi connectivity index (χ2v) is 9.28. The molecule has 0 atom stereocenters. The summed E-state index contributed by atoms with van der Waals surface area (Å²) in [4.78, 5) is 14.4. The number of ketones is 1. The van der Waals surface area contributed by atoms with Crippen LogP contribution in [0.2, 0.25) is 0 Å². The van der Waals surface area contributed by atoms with E-state index in [1.54, 1.807) is 0 Å². The molecule has 0 aliphatic carbocycles. The molecule has 2 aromatic carbocycles. The molecule has 0 aliphatic rings. The van der Waals surface area contributed by atoms with Crippen LogP contribution in [0.3, 0.4) is 0 Å². The van der Waals surface area contributed by atoms with Crippen LogP contribution < -0.4 is 28.4 Å². The molecule has 0 heterocycles. The molecule has 0 spiro atoms. The molecule has 2 rings (SSSR count). The SMILES string of the molecule is CCCOc1cc(C(=O)c2cc(OCCC)c(O)c(OCCC)c2OCCC)c(OCCC)c(OCCC)c1O. The number of carbonyl (C=O) groups is 1.